The lowest BCUT2D eigenvalue weighted by atomic mass is 9.97. The molecule has 4 N–H and O–H groups in total. The average Bonchev–Trinajstić information content (AvgIpc) is 3.54. The maximum absolute atomic E-state index is 11.9. The Kier molecular flexibility index (Phi) is 7.86. The standard InChI is InChI=1S/C29H31N7O2/c1-6-31-29(38)33-22-13-11-20(12-14-22)27-25(17-36(7-2)35-27)18(3)24-16-26(34-28(24)30-5)21-9-8-10-23(15-21)32-19(4)37/h8-17,34H,3,5-7H2,1-2,4H3,(H,32,37)(H2,31,33,38). The van der Waals surface area contributed by atoms with Crippen LogP contribution >= 0.6 is 0 Å². The van der Waals surface area contributed by atoms with Gasteiger partial charge < -0.3 is 20.9 Å². The fraction of sp³-hybridized carbons (Fsp3) is 0.172. The van der Waals surface area contributed by atoms with E-state index in [2.05, 4.69) is 39.2 Å². The molecule has 38 heavy (non-hydrogen) atoms. The Labute approximate surface area is 221 Å². The summed E-state index contributed by atoms with van der Waals surface area (Å²) in [5.41, 5.74) is 7.16. The smallest absolute Gasteiger partial charge is 0.319 e. The molecule has 0 unspecified atom stereocenters. The van der Waals surface area contributed by atoms with Gasteiger partial charge in [0.2, 0.25) is 5.91 Å². The Bertz CT molecular complexity index is 1500. The second-order valence-corrected chi connectivity index (χ2v) is 8.65. The predicted octanol–water partition coefficient (Wildman–Crippen LogP) is 6.06. The van der Waals surface area contributed by atoms with Gasteiger partial charge in [-0.2, -0.15) is 5.10 Å². The zero-order valence-electron chi connectivity index (χ0n) is 21.8. The molecule has 4 aromatic rings. The first-order valence-corrected chi connectivity index (χ1v) is 12.3. The number of aliphatic imine (C=N–C) groups is 1. The highest BCUT2D eigenvalue weighted by molar-refractivity contribution is 5.93. The van der Waals surface area contributed by atoms with E-state index in [1.165, 1.54) is 6.92 Å². The van der Waals surface area contributed by atoms with Crippen molar-refractivity contribution in [3.63, 3.8) is 0 Å². The molecule has 2 heterocycles. The van der Waals surface area contributed by atoms with Crippen molar-refractivity contribution < 1.29 is 9.59 Å². The number of amides is 3. The van der Waals surface area contributed by atoms with Crippen molar-refractivity contribution in [1.29, 1.82) is 0 Å². The average molecular weight is 510 g/mol. The normalized spacial score (nSPS) is 10.6. The summed E-state index contributed by atoms with van der Waals surface area (Å²) in [6.07, 6.45) is 1.97. The van der Waals surface area contributed by atoms with E-state index in [-0.39, 0.29) is 11.9 Å². The topological polar surface area (TPSA) is 116 Å². The Hall–Kier alpha value is -4.92. The third kappa shape index (κ3) is 5.73. The van der Waals surface area contributed by atoms with Gasteiger partial charge in [-0.3, -0.25) is 9.48 Å². The van der Waals surface area contributed by atoms with Crippen LogP contribution in [-0.2, 0) is 11.3 Å². The first-order chi connectivity index (χ1) is 18.3. The van der Waals surface area contributed by atoms with E-state index in [1.54, 1.807) is 0 Å². The molecule has 2 aromatic heterocycles. The minimum atomic E-state index is -0.250. The van der Waals surface area contributed by atoms with Gasteiger partial charge in [0.1, 0.15) is 11.5 Å². The van der Waals surface area contributed by atoms with Gasteiger partial charge in [-0.15, -0.1) is 0 Å². The Morgan fingerprint density at radius 1 is 1.00 bits per heavy atom. The quantitative estimate of drug-likeness (QED) is 0.206. The maximum Gasteiger partial charge on any atom is 0.319 e. The van der Waals surface area contributed by atoms with Crippen LogP contribution in [0.15, 0.2) is 72.4 Å². The lowest BCUT2D eigenvalue weighted by molar-refractivity contribution is -0.114. The SMILES string of the molecule is C=Nc1[nH]c(-c2cccc(NC(C)=O)c2)cc1C(=C)c1cn(CC)nc1-c1ccc(NC(=O)NCC)cc1. The molecule has 0 radical (unpaired) electrons. The minimum Gasteiger partial charge on any atom is -0.339 e. The van der Waals surface area contributed by atoms with Crippen molar-refractivity contribution in [3.8, 4) is 22.5 Å². The monoisotopic (exact) mass is 509 g/mol. The molecule has 0 aliphatic carbocycles. The summed E-state index contributed by atoms with van der Waals surface area (Å²) in [6.45, 7) is 14.7. The molecule has 9 nitrogen and oxygen atoms in total. The fourth-order valence-electron chi connectivity index (χ4n) is 4.13. The number of nitrogens with one attached hydrogen (secondary N) is 4. The van der Waals surface area contributed by atoms with Crippen molar-refractivity contribution in [2.45, 2.75) is 27.3 Å². The lowest BCUT2D eigenvalue weighted by Gasteiger charge is -2.08. The molecule has 194 valence electrons. The molecular weight excluding hydrogens is 478 g/mol. The number of benzene rings is 2. The van der Waals surface area contributed by atoms with Crippen LogP contribution < -0.4 is 16.0 Å². The highest BCUT2D eigenvalue weighted by atomic mass is 16.2. The number of hydrogen-bond acceptors (Lipinski definition) is 4. The Balaban J connectivity index is 1.68. The van der Waals surface area contributed by atoms with E-state index in [0.717, 1.165) is 39.2 Å². The highest BCUT2D eigenvalue weighted by Crippen LogP contribution is 2.38. The summed E-state index contributed by atoms with van der Waals surface area (Å²) in [6, 6.07) is 16.8. The summed E-state index contributed by atoms with van der Waals surface area (Å²) in [4.78, 5) is 30.9. The van der Waals surface area contributed by atoms with Crippen LogP contribution in [0.3, 0.4) is 0 Å². The van der Waals surface area contributed by atoms with Crippen molar-refractivity contribution in [3.05, 3.63) is 78.5 Å². The molecule has 9 heteroatoms. The Morgan fingerprint density at radius 3 is 2.42 bits per heavy atom. The lowest BCUT2D eigenvalue weighted by Crippen LogP contribution is -2.28. The summed E-state index contributed by atoms with van der Waals surface area (Å²) in [5, 5.41) is 13.1. The second-order valence-electron chi connectivity index (χ2n) is 8.65. The summed E-state index contributed by atoms with van der Waals surface area (Å²) in [7, 11) is 0. The van der Waals surface area contributed by atoms with Crippen LogP contribution in [-0.4, -0.2) is 40.0 Å². The largest absolute Gasteiger partial charge is 0.339 e. The first-order valence-electron chi connectivity index (χ1n) is 12.3. The van der Waals surface area contributed by atoms with Crippen LogP contribution in [0.1, 0.15) is 31.9 Å². The third-order valence-electron chi connectivity index (χ3n) is 5.94. The van der Waals surface area contributed by atoms with Gasteiger partial charge in [0.25, 0.3) is 0 Å². The Morgan fingerprint density at radius 2 is 1.76 bits per heavy atom. The van der Waals surface area contributed by atoms with E-state index in [0.29, 0.717) is 30.3 Å². The molecule has 0 atom stereocenters. The summed E-state index contributed by atoms with van der Waals surface area (Å²) >= 11 is 0. The molecule has 2 aromatic carbocycles. The number of carbonyl (C=O) groups is 2. The van der Waals surface area contributed by atoms with Gasteiger partial charge in [-0.05, 0) is 56.5 Å². The van der Waals surface area contributed by atoms with Crippen LogP contribution in [0.25, 0.3) is 28.1 Å². The first kappa shape index (κ1) is 26.2. The highest BCUT2D eigenvalue weighted by Gasteiger charge is 2.19. The summed E-state index contributed by atoms with van der Waals surface area (Å²) in [5.74, 6) is 0.455. The van der Waals surface area contributed by atoms with Gasteiger partial charge >= 0.3 is 6.03 Å². The minimum absolute atomic E-state index is 0.135. The van der Waals surface area contributed by atoms with Gasteiger partial charge in [-0.1, -0.05) is 30.8 Å². The number of rotatable bonds is 9. The molecule has 0 spiro atoms. The molecule has 0 bridgehead atoms. The van der Waals surface area contributed by atoms with Crippen LogP contribution in [0, 0.1) is 0 Å². The van der Waals surface area contributed by atoms with E-state index in [1.807, 2.05) is 79.3 Å². The zero-order valence-corrected chi connectivity index (χ0v) is 21.8. The van der Waals surface area contributed by atoms with E-state index < -0.39 is 0 Å². The molecule has 0 aliphatic heterocycles. The molecule has 0 saturated carbocycles. The van der Waals surface area contributed by atoms with Gasteiger partial charge in [0.05, 0.1) is 0 Å². The molecule has 0 saturated heterocycles. The van der Waals surface area contributed by atoms with Crippen molar-refractivity contribution >= 4 is 41.4 Å². The molecule has 0 fully saturated rings. The number of aryl methyl sites for hydroxylation is 1. The van der Waals surface area contributed by atoms with Crippen molar-refractivity contribution in [2.24, 2.45) is 4.99 Å². The van der Waals surface area contributed by atoms with Crippen LogP contribution in [0.2, 0.25) is 0 Å². The van der Waals surface area contributed by atoms with Crippen molar-refractivity contribution in [1.82, 2.24) is 20.1 Å². The van der Waals surface area contributed by atoms with E-state index in [9.17, 15) is 9.59 Å². The van der Waals surface area contributed by atoms with Crippen LogP contribution in [0.4, 0.5) is 22.0 Å². The van der Waals surface area contributed by atoms with Gasteiger partial charge in [0.15, 0.2) is 0 Å². The van der Waals surface area contributed by atoms with Crippen molar-refractivity contribution in [2.75, 3.05) is 17.2 Å². The third-order valence-corrected chi connectivity index (χ3v) is 5.94. The molecule has 4 rings (SSSR count). The number of hydrogen-bond donors (Lipinski definition) is 4. The van der Waals surface area contributed by atoms with E-state index >= 15 is 0 Å². The summed E-state index contributed by atoms with van der Waals surface area (Å²) < 4.78 is 1.86. The zero-order chi connectivity index (χ0) is 27.2. The number of carbonyl (C=O) groups excluding carboxylic acids is 2. The predicted molar refractivity (Wildman–Crippen MR) is 154 cm³/mol. The van der Waals surface area contributed by atoms with Crippen LogP contribution in [0.5, 0.6) is 0 Å². The van der Waals surface area contributed by atoms with Gasteiger partial charge in [-0.25, -0.2) is 9.79 Å². The number of aromatic nitrogens is 3. The fourth-order valence-corrected chi connectivity index (χ4v) is 4.13. The number of H-pyrrole nitrogens is 1. The second kappa shape index (κ2) is 11.4. The maximum atomic E-state index is 11.9. The number of urea groups is 1. The van der Waals surface area contributed by atoms with E-state index in [4.69, 9.17) is 5.10 Å². The molecule has 0 aliphatic rings. The molecular formula is C29H31N7O2. The van der Waals surface area contributed by atoms with Gasteiger partial charge in [0, 0.05) is 65.5 Å². The molecule has 3 amide bonds. The number of anilines is 2. The number of nitrogens with zero attached hydrogens (tertiary/aromatic N) is 3. The number of aromatic amines is 1.